The Bertz CT molecular complexity index is 514. The SMILES string of the molecule is CN(C)CCn1ncc(NCC2CCCCS2)c(Br)c1=O. The third-order valence-electron chi connectivity index (χ3n) is 3.54. The number of nitrogens with zero attached hydrogens (tertiary/aromatic N) is 3. The van der Waals surface area contributed by atoms with Crippen molar-refractivity contribution in [2.45, 2.75) is 31.1 Å². The third-order valence-corrected chi connectivity index (χ3v) is 5.70. The highest BCUT2D eigenvalue weighted by molar-refractivity contribution is 9.10. The minimum Gasteiger partial charge on any atom is -0.382 e. The van der Waals surface area contributed by atoms with Gasteiger partial charge in [0.15, 0.2) is 0 Å². The van der Waals surface area contributed by atoms with Crippen molar-refractivity contribution in [2.24, 2.45) is 0 Å². The molecule has 7 heteroatoms. The number of halogens is 1. The summed E-state index contributed by atoms with van der Waals surface area (Å²) in [6.07, 6.45) is 5.64. The maximum atomic E-state index is 12.2. The van der Waals surface area contributed by atoms with E-state index >= 15 is 0 Å². The molecule has 1 aliphatic rings. The van der Waals surface area contributed by atoms with E-state index in [2.05, 4.69) is 26.3 Å². The maximum Gasteiger partial charge on any atom is 0.283 e. The van der Waals surface area contributed by atoms with Crippen LogP contribution in [0.1, 0.15) is 19.3 Å². The van der Waals surface area contributed by atoms with Crippen LogP contribution in [0.3, 0.4) is 0 Å². The van der Waals surface area contributed by atoms with Gasteiger partial charge in [0.25, 0.3) is 5.56 Å². The van der Waals surface area contributed by atoms with E-state index in [0.29, 0.717) is 16.3 Å². The first-order valence-electron chi connectivity index (χ1n) is 7.33. The first-order valence-corrected chi connectivity index (χ1v) is 9.18. The Morgan fingerprint density at radius 2 is 2.33 bits per heavy atom. The fourth-order valence-corrected chi connectivity index (χ4v) is 3.92. The average molecular weight is 375 g/mol. The van der Waals surface area contributed by atoms with Crippen molar-refractivity contribution >= 4 is 33.4 Å². The van der Waals surface area contributed by atoms with Gasteiger partial charge in [-0.25, -0.2) is 4.68 Å². The molecule has 118 valence electrons. The first-order chi connectivity index (χ1) is 10.1. The van der Waals surface area contributed by atoms with Crippen LogP contribution in [-0.4, -0.2) is 52.9 Å². The molecule has 0 bridgehead atoms. The van der Waals surface area contributed by atoms with Crippen molar-refractivity contribution in [1.82, 2.24) is 14.7 Å². The number of hydrogen-bond donors (Lipinski definition) is 1. The molecule has 1 aromatic rings. The highest BCUT2D eigenvalue weighted by Crippen LogP contribution is 2.26. The predicted molar refractivity (Wildman–Crippen MR) is 93.3 cm³/mol. The average Bonchev–Trinajstić information content (AvgIpc) is 2.48. The topological polar surface area (TPSA) is 50.2 Å². The molecule has 0 amide bonds. The van der Waals surface area contributed by atoms with Crippen LogP contribution in [0.2, 0.25) is 0 Å². The van der Waals surface area contributed by atoms with Gasteiger partial charge in [-0.15, -0.1) is 0 Å². The van der Waals surface area contributed by atoms with Gasteiger partial charge in [-0.05, 0) is 48.6 Å². The van der Waals surface area contributed by atoms with Gasteiger partial charge in [-0.1, -0.05) is 6.42 Å². The molecule has 1 N–H and O–H groups in total. The van der Waals surface area contributed by atoms with Crippen LogP contribution in [0.4, 0.5) is 5.69 Å². The molecule has 1 unspecified atom stereocenters. The Morgan fingerprint density at radius 3 is 3.00 bits per heavy atom. The number of nitrogens with one attached hydrogen (secondary N) is 1. The quantitative estimate of drug-likeness (QED) is 0.827. The molecule has 0 aromatic carbocycles. The number of likely N-dealkylation sites (N-methyl/N-ethyl adjacent to an activating group) is 1. The zero-order chi connectivity index (χ0) is 15.2. The highest BCUT2D eigenvalue weighted by atomic mass is 79.9. The monoisotopic (exact) mass is 374 g/mol. The summed E-state index contributed by atoms with van der Waals surface area (Å²) in [6.45, 7) is 2.29. The van der Waals surface area contributed by atoms with Crippen LogP contribution in [0.25, 0.3) is 0 Å². The van der Waals surface area contributed by atoms with Crippen LogP contribution < -0.4 is 10.9 Å². The number of anilines is 1. The second kappa shape index (κ2) is 8.19. The molecule has 1 fully saturated rings. The molecule has 2 heterocycles. The zero-order valence-corrected chi connectivity index (χ0v) is 15.0. The largest absolute Gasteiger partial charge is 0.382 e. The standard InChI is InChI=1S/C14H23BrN4OS/c1-18(2)6-7-19-14(20)13(15)12(10-17-19)16-9-11-5-3-4-8-21-11/h10-11,16H,3-9H2,1-2H3. The van der Waals surface area contributed by atoms with Crippen LogP contribution in [0.15, 0.2) is 15.5 Å². The summed E-state index contributed by atoms with van der Waals surface area (Å²) >= 11 is 5.43. The van der Waals surface area contributed by atoms with Gasteiger partial charge in [0, 0.05) is 18.3 Å². The van der Waals surface area contributed by atoms with Gasteiger partial charge in [0.2, 0.25) is 0 Å². The second-order valence-corrected chi connectivity index (χ2v) is 7.77. The lowest BCUT2D eigenvalue weighted by molar-refractivity contribution is 0.367. The number of rotatable bonds is 6. The Labute approximate surface area is 138 Å². The van der Waals surface area contributed by atoms with Crippen molar-refractivity contribution in [1.29, 1.82) is 0 Å². The van der Waals surface area contributed by atoms with Gasteiger partial charge in [0.1, 0.15) is 4.47 Å². The van der Waals surface area contributed by atoms with E-state index in [1.807, 2.05) is 30.8 Å². The molecular formula is C14H23BrN4OS. The Hall–Kier alpha value is -0.530. The Balaban J connectivity index is 1.97. The molecule has 1 atom stereocenters. The molecule has 2 rings (SSSR count). The van der Waals surface area contributed by atoms with Crippen LogP contribution in [0, 0.1) is 0 Å². The summed E-state index contributed by atoms with van der Waals surface area (Å²) in [5.74, 6) is 1.25. The molecule has 0 spiro atoms. The van der Waals surface area contributed by atoms with Crippen molar-refractivity contribution in [3.8, 4) is 0 Å². The zero-order valence-electron chi connectivity index (χ0n) is 12.6. The summed E-state index contributed by atoms with van der Waals surface area (Å²) in [5, 5.41) is 8.26. The van der Waals surface area contributed by atoms with E-state index in [1.165, 1.54) is 29.7 Å². The minimum absolute atomic E-state index is 0.0712. The molecule has 1 aromatic heterocycles. The fraction of sp³-hybridized carbons (Fsp3) is 0.714. The van der Waals surface area contributed by atoms with Gasteiger partial charge in [-0.3, -0.25) is 4.79 Å². The normalized spacial score (nSPS) is 19.0. The summed E-state index contributed by atoms with van der Waals surface area (Å²) < 4.78 is 2.09. The molecule has 1 aliphatic heterocycles. The van der Waals surface area contributed by atoms with Crippen molar-refractivity contribution in [3.05, 3.63) is 21.0 Å². The molecule has 5 nitrogen and oxygen atoms in total. The van der Waals surface area contributed by atoms with E-state index in [0.717, 1.165) is 18.8 Å². The molecule has 21 heavy (non-hydrogen) atoms. The van der Waals surface area contributed by atoms with Gasteiger partial charge in [-0.2, -0.15) is 16.9 Å². The Kier molecular flexibility index (Phi) is 6.57. The summed E-state index contributed by atoms with van der Waals surface area (Å²) in [7, 11) is 3.97. The van der Waals surface area contributed by atoms with Crippen LogP contribution >= 0.6 is 27.7 Å². The fourth-order valence-electron chi connectivity index (χ4n) is 2.23. The van der Waals surface area contributed by atoms with Gasteiger partial charge < -0.3 is 10.2 Å². The maximum absolute atomic E-state index is 12.2. The van der Waals surface area contributed by atoms with Crippen molar-refractivity contribution in [2.75, 3.05) is 38.3 Å². The predicted octanol–water partition coefficient (Wildman–Crippen LogP) is 2.26. The van der Waals surface area contributed by atoms with E-state index < -0.39 is 0 Å². The third kappa shape index (κ3) is 5.00. The molecule has 0 aliphatic carbocycles. The molecule has 0 saturated carbocycles. The summed E-state index contributed by atoms with van der Waals surface area (Å²) in [4.78, 5) is 14.3. The van der Waals surface area contributed by atoms with E-state index in [1.54, 1.807) is 6.20 Å². The highest BCUT2D eigenvalue weighted by Gasteiger charge is 2.15. The van der Waals surface area contributed by atoms with Crippen molar-refractivity contribution < 1.29 is 0 Å². The lowest BCUT2D eigenvalue weighted by Gasteiger charge is -2.22. The summed E-state index contributed by atoms with van der Waals surface area (Å²) in [6, 6.07) is 0. The Morgan fingerprint density at radius 1 is 1.52 bits per heavy atom. The van der Waals surface area contributed by atoms with E-state index in [-0.39, 0.29) is 5.56 Å². The lowest BCUT2D eigenvalue weighted by atomic mass is 10.2. The number of thioether (sulfide) groups is 1. The number of hydrogen-bond acceptors (Lipinski definition) is 5. The second-order valence-electron chi connectivity index (χ2n) is 5.57. The lowest BCUT2D eigenvalue weighted by Crippen LogP contribution is -2.30. The van der Waals surface area contributed by atoms with Gasteiger partial charge >= 0.3 is 0 Å². The van der Waals surface area contributed by atoms with Crippen LogP contribution in [0.5, 0.6) is 0 Å². The molecule has 0 radical (unpaired) electrons. The van der Waals surface area contributed by atoms with Crippen LogP contribution in [-0.2, 0) is 6.54 Å². The summed E-state index contributed by atoms with van der Waals surface area (Å²) in [5.41, 5.74) is 0.727. The van der Waals surface area contributed by atoms with Gasteiger partial charge in [0.05, 0.1) is 18.4 Å². The number of aromatic nitrogens is 2. The van der Waals surface area contributed by atoms with E-state index in [4.69, 9.17) is 0 Å². The smallest absolute Gasteiger partial charge is 0.283 e. The first kappa shape index (κ1) is 16.8. The van der Waals surface area contributed by atoms with E-state index in [9.17, 15) is 4.79 Å². The minimum atomic E-state index is -0.0712. The molecule has 1 saturated heterocycles. The van der Waals surface area contributed by atoms with Crippen molar-refractivity contribution in [3.63, 3.8) is 0 Å². The molecular weight excluding hydrogens is 352 g/mol.